The third kappa shape index (κ3) is 2.64. The van der Waals surface area contributed by atoms with E-state index < -0.39 is 29.6 Å². The van der Waals surface area contributed by atoms with Crippen molar-refractivity contribution in [1.29, 1.82) is 0 Å². The third-order valence-electron chi connectivity index (χ3n) is 4.24. The normalized spacial score (nSPS) is 21.5. The van der Waals surface area contributed by atoms with Crippen molar-refractivity contribution in [3.8, 4) is 0 Å². The predicted octanol–water partition coefficient (Wildman–Crippen LogP) is 3.23. The molecule has 0 N–H and O–H groups in total. The number of anilines is 1. The first-order valence-corrected chi connectivity index (χ1v) is 8.82. The van der Waals surface area contributed by atoms with Crippen molar-refractivity contribution in [3.63, 3.8) is 0 Å². The maximum Gasteiger partial charge on any atom is 0.278 e. The van der Waals surface area contributed by atoms with E-state index in [4.69, 9.17) is 16.4 Å². The minimum absolute atomic E-state index is 0.0738. The average molecular weight is 434 g/mol. The number of halogens is 2. The molecule has 0 radical (unpaired) electrons. The second-order valence-corrected chi connectivity index (χ2v) is 7.16. The lowest BCUT2D eigenvalue weighted by atomic mass is 9.93. The lowest BCUT2D eigenvalue weighted by Gasteiger charge is -2.15. The van der Waals surface area contributed by atoms with Crippen LogP contribution in [-0.4, -0.2) is 29.4 Å². The van der Waals surface area contributed by atoms with Gasteiger partial charge in [-0.1, -0.05) is 32.7 Å². The van der Waals surface area contributed by atoms with Gasteiger partial charge in [-0.2, -0.15) is 0 Å². The number of ketones is 1. The summed E-state index contributed by atoms with van der Waals surface area (Å²) < 4.78 is 0.817. The topological polar surface area (TPSA) is 76.0 Å². The Hall–Kier alpha value is -2.51. The Bertz CT molecular complexity index is 956. The lowest BCUT2D eigenvalue weighted by Crippen LogP contribution is -2.34. The summed E-state index contributed by atoms with van der Waals surface area (Å²) in [5.41, 5.74) is 0.662. The van der Waals surface area contributed by atoms with Gasteiger partial charge in [0.1, 0.15) is 11.6 Å². The van der Waals surface area contributed by atoms with Gasteiger partial charge < -0.3 is 4.84 Å². The predicted molar refractivity (Wildman–Crippen MR) is 98.2 cm³/mol. The zero-order valence-electron chi connectivity index (χ0n) is 13.1. The molecular formula is C18H10BrClN2O4. The third-order valence-corrected chi connectivity index (χ3v) is 5.02. The summed E-state index contributed by atoms with van der Waals surface area (Å²) in [6.45, 7) is 0. The highest BCUT2D eigenvalue weighted by Gasteiger charge is 2.57. The molecule has 0 unspecified atom stereocenters. The molecule has 2 aliphatic rings. The standard InChI is InChI=1S/C18H10BrClN2O4/c19-10-3-7-12(8-4-10)22-17(24)13-14(21-26-16(13)18(22)25)15(23)9-1-5-11(20)6-2-9/h1-8,13,16H/t13-,16+/m1/s1. The van der Waals surface area contributed by atoms with Crippen molar-refractivity contribution in [1.82, 2.24) is 0 Å². The molecule has 2 aromatic carbocycles. The summed E-state index contributed by atoms with van der Waals surface area (Å²) in [6.07, 6.45) is -1.11. The summed E-state index contributed by atoms with van der Waals surface area (Å²) >= 11 is 9.14. The Morgan fingerprint density at radius 2 is 1.69 bits per heavy atom. The summed E-state index contributed by atoms with van der Waals surface area (Å²) in [5, 5.41) is 4.20. The minimum Gasteiger partial charge on any atom is -0.381 e. The first kappa shape index (κ1) is 16.9. The number of rotatable bonds is 3. The fourth-order valence-electron chi connectivity index (χ4n) is 2.96. The molecule has 0 aromatic heterocycles. The van der Waals surface area contributed by atoms with Crippen LogP contribution in [0.5, 0.6) is 0 Å². The van der Waals surface area contributed by atoms with Crippen molar-refractivity contribution in [2.24, 2.45) is 11.1 Å². The summed E-state index contributed by atoms with van der Waals surface area (Å²) in [7, 11) is 0. The monoisotopic (exact) mass is 432 g/mol. The Kier molecular flexibility index (Phi) is 4.13. The van der Waals surface area contributed by atoms with E-state index >= 15 is 0 Å². The van der Waals surface area contributed by atoms with E-state index in [-0.39, 0.29) is 5.71 Å². The van der Waals surface area contributed by atoms with Crippen LogP contribution in [-0.2, 0) is 14.4 Å². The molecule has 2 aromatic rings. The first-order valence-electron chi connectivity index (χ1n) is 7.65. The van der Waals surface area contributed by atoms with Crippen LogP contribution in [0.25, 0.3) is 0 Å². The van der Waals surface area contributed by atoms with Crippen LogP contribution in [0.3, 0.4) is 0 Å². The summed E-state index contributed by atoms with van der Waals surface area (Å²) in [6, 6.07) is 12.9. The molecule has 0 aliphatic carbocycles. The van der Waals surface area contributed by atoms with Gasteiger partial charge in [0.2, 0.25) is 17.8 Å². The highest BCUT2D eigenvalue weighted by Crippen LogP contribution is 2.34. The van der Waals surface area contributed by atoms with E-state index in [0.717, 1.165) is 9.37 Å². The molecule has 130 valence electrons. The number of imide groups is 1. The molecule has 0 bridgehead atoms. The van der Waals surface area contributed by atoms with Crippen molar-refractivity contribution < 1.29 is 19.2 Å². The number of oxime groups is 1. The van der Waals surface area contributed by atoms with Crippen LogP contribution in [0, 0.1) is 5.92 Å². The van der Waals surface area contributed by atoms with Crippen molar-refractivity contribution >= 4 is 56.5 Å². The Morgan fingerprint density at radius 3 is 2.35 bits per heavy atom. The van der Waals surface area contributed by atoms with Crippen LogP contribution in [0.2, 0.25) is 5.02 Å². The number of Topliss-reactive ketones (excluding diaryl/α,β-unsaturated/α-hetero) is 1. The van der Waals surface area contributed by atoms with Crippen molar-refractivity contribution in [2.45, 2.75) is 6.10 Å². The molecule has 4 rings (SSSR count). The molecular weight excluding hydrogens is 424 g/mol. The fourth-order valence-corrected chi connectivity index (χ4v) is 3.35. The van der Waals surface area contributed by atoms with Gasteiger partial charge in [-0.05, 0) is 48.5 Å². The largest absolute Gasteiger partial charge is 0.381 e. The van der Waals surface area contributed by atoms with Gasteiger partial charge in [0.15, 0.2) is 0 Å². The minimum atomic E-state index is -1.11. The molecule has 1 saturated heterocycles. The average Bonchev–Trinajstić information content (AvgIpc) is 3.17. The van der Waals surface area contributed by atoms with Gasteiger partial charge in [0.05, 0.1) is 5.69 Å². The van der Waals surface area contributed by atoms with Gasteiger partial charge in [-0.25, -0.2) is 4.90 Å². The molecule has 2 heterocycles. The van der Waals surface area contributed by atoms with Crippen LogP contribution in [0.4, 0.5) is 5.69 Å². The molecule has 6 nitrogen and oxygen atoms in total. The molecule has 26 heavy (non-hydrogen) atoms. The fraction of sp³-hybridized carbons (Fsp3) is 0.111. The zero-order valence-corrected chi connectivity index (χ0v) is 15.4. The van der Waals surface area contributed by atoms with E-state index in [0.29, 0.717) is 16.3 Å². The lowest BCUT2D eigenvalue weighted by molar-refractivity contribution is -0.126. The van der Waals surface area contributed by atoms with Crippen LogP contribution in [0.15, 0.2) is 58.2 Å². The molecule has 0 spiro atoms. The number of carbonyl (C=O) groups is 3. The number of hydrogen-bond acceptors (Lipinski definition) is 5. The molecule has 2 amide bonds. The van der Waals surface area contributed by atoms with Crippen molar-refractivity contribution in [2.75, 3.05) is 4.90 Å². The van der Waals surface area contributed by atoms with Crippen molar-refractivity contribution in [3.05, 3.63) is 63.6 Å². The quantitative estimate of drug-likeness (QED) is 0.550. The molecule has 1 fully saturated rings. The second-order valence-electron chi connectivity index (χ2n) is 5.80. The Balaban J connectivity index is 1.65. The van der Waals surface area contributed by atoms with Crippen LogP contribution < -0.4 is 4.90 Å². The highest BCUT2D eigenvalue weighted by atomic mass is 79.9. The number of fused-ring (bicyclic) bond motifs is 1. The number of nitrogens with zero attached hydrogens (tertiary/aromatic N) is 2. The van der Waals surface area contributed by atoms with Gasteiger partial charge in [0.25, 0.3) is 5.91 Å². The number of hydrogen-bond donors (Lipinski definition) is 0. The van der Waals surface area contributed by atoms with Crippen LogP contribution in [0.1, 0.15) is 10.4 Å². The maximum absolute atomic E-state index is 12.8. The van der Waals surface area contributed by atoms with Crippen LogP contribution >= 0.6 is 27.5 Å². The van der Waals surface area contributed by atoms with Gasteiger partial charge in [0, 0.05) is 15.1 Å². The SMILES string of the molecule is O=C(C1=NO[C@@H]2C(=O)N(c3ccc(Br)cc3)C(=O)[C@H]12)c1ccc(Cl)cc1. The molecule has 2 aliphatic heterocycles. The summed E-state index contributed by atoms with van der Waals surface area (Å²) in [4.78, 5) is 44.3. The Labute approximate surface area is 161 Å². The van der Waals surface area contributed by atoms with Gasteiger partial charge in [-0.3, -0.25) is 14.4 Å². The smallest absolute Gasteiger partial charge is 0.278 e. The second kappa shape index (κ2) is 6.34. The number of benzene rings is 2. The maximum atomic E-state index is 12.8. The Morgan fingerprint density at radius 1 is 1.04 bits per heavy atom. The number of carbonyl (C=O) groups excluding carboxylic acids is 3. The zero-order chi connectivity index (χ0) is 18.4. The molecule has 0 saturated carbocycles. The highest BCUT2D eigenvalue weighted by molar-refractivity contribution is 9.10. The van der Waals surface area contributed by atoms with E-state index in [1.54, 1.807) is 36.4 Å². The molecule has 8 heteroatoms. The molecule has 2 atom stereocenters. The van der Waals surface area contributed by atoms with E-state index in [1.807, 2.05) is 0 Å². The van der Waals surface area contributed by atoms with E-state index in [9.17, 15) is 14.4 Å². The van der Waals surface area contributed by atoms with E-state index in [1.165, 1.54) is 12.1 Å². The number of amides is 2. The van der Waals surface area contributed by atoms with Gasteiger partial charge in [-0.15, -0.1) is 0 Å². The van der Waals surface area contributed by atoms with E-state index in [2.05, 4.69) is 21.1 Å². The first-order chi connectivity index (χ1) is 12.5. The summed E-state index contributed by atoms with van der Waals surface area (Å²) in [5.74, 6) is -2.58. The van der Waals surface area contributed by atoms with Gasteiger partial charge >= 0.3 is 0 Å².